The molecule has 0 saturated heterocycles. The van der Waals surface area contributed by atoms with Crippen LogP contribution in [0.3, 0.4) is 0 Å². The average molecular weight is 179 g/mol. The van der Waals surface area contributed by atoms with Gasteiger partial charge in [-0.3, -0.25) is 4.99 Å². The fraction of sp³-hybridized carbons (Fsp3) is 0.545. The van der Waals surface area contributed by atoms with Gasteiger partial charge in [0.1, 0.15) is 5.76 Å². The molecule has 72 valence electrons. The van der Waals surface area contributed by atoms with Crippen LogP contribution in [0.1, 0.15) is 27.2 Å². The molecule has 13 heavy (non-hydrogen) atoms. The lowest BCUT2D eigenvalue weighted by Crippen LogP contribution is -1.87. The van der Waals surface area contributed by atoms with E-state index in [4.69, 9.17) is 4.74 Å². The van der Waals surface area contributed by atoms with Gasteiger partial charge in [-0.1, -0.05) is 25.5 Å². The molecule has 0 fully saturated rings. The van der Waals surface area contributed by atoms with E-state index in [1.165, 1.54) is 11.1 Å². The van der Waals surface area contributed by atoms with Crippen molar-refractivity contribution in [1.29, 1.82) is 0 Å². The number of allylic oxidation sites excluding steroid dienone is 2. The first kappa shape index (κ1) is 10.0. The zero-order chi connectivity index (χ0) is 9.68. The second kappa shape index (κ2) is 4.85. The first-order valence-corrected chi connectivity index (χ1v) is 4.89. The molecule has 0 aliphatic carbocycles. The molecule has 2 aliphatic heterocycles. The van der Waals surface area contributed by atoms with Crippen LogP contribution in [0.5, 0.6) is 0 Å². The number of hydrogen-bond donors (Lipinski definition) is 0. The Kier molecular flexibility index (Phi) is 3.74. The van der Waals surface area contributed by atoms with Crippen molar-refractivity contribution in [2.75, 3.05) is 13.2 Å². The van der Waals surface area contributed by atoms with E-state index in [9.17, 15) is 0 Å². The molecule has 2 aliphatic rings. The Morgan fingerprint density at radius 3 is 2.92 bits per heavy atom. The summed E-state index contributed by atoms with van der Waals surface area (Å²) in [5.74, 6) is 0.974. The highest BCUT2D eigenvalue weighted by Gasteiger charge is 2.13. The van der Waals surface area contributed by atoms with Gasteiger partial charge in [0.25, 0.3) is 0 Å². The number of hydrogen-bond acceptors (Lipinski definition) is 2. The summed E-state index contributed by atoms with van der Waals surface area (Å²) in [6.07, 6.45) is 5.07. The van der Waals surface area contributed by atoms with Gasteiger partial charge in [0.05, 0.1) is 19.4 Å². The summed E-state index contributed by atoms with van der Waals surface area (Å²) in [7, 11) is 0. The molecule has 0 radical (unpaired) electrons. The molecule has 0 unspecified atom stereocenters. The Morgan fingerprint density at radius 1 is 1.38 bits per heavy atom. The van der Waals surface area contributed by atoms with Crippen LogP contribution in [0.25, 0.3) is 0 Å². The van der Waals surface area contributed by atoms with E-state index in [-0.39, 0.29) is 0 Å². The van der Waals surface area contributed by atoms with Crippen LogP contribution in [0, 0.1) is 0 Å². The van der Waals surface area contributed by atoms with Gasteiger partial charge in [-0.05, 0) is 12.5 Å². The molecule has 0 aromatic rings. The summed E-state index contributed by atoms with van der Waals surface area (Å²) in [5, 5.41) is 0. The highest BCUT2D eigenvalue weighted by Crippen LogP contribution is 2.21. The van der Waals surface area contributed by atoms with Gasteiger partial charge in [-0.25, -0.2) is 0 Å². The molecule has 0 atom stereocenters. The molecule has 0 aromatic carbocycles. The Morgan fingerprint density at radius 2 is 2.15 bits per heavy atom. The van der Waals surface area contributed by atoms with Crippen LogP contribution < -0.4 is 0 Å². The van der Waals surface area contributed by atoms with Gasteiger partial charge in [-0.2, -0.15) is 0 Å². The van der Waals surface area contributed by atoms with Crippen molar-refractivity contribution >= 4 is 6.21 Å². The molecular weight excluding hydrogens is 162 g/mol. The Bertz CT molecular complexity index is 261. The maximum absolute atomic E-state index is 5.37. The fourth-order valence-corrected chi connectivity index (χ4v) is 1.37. The average Bonchev–Trinajstić information content (AvgIpc) is 2.50. The molecule has 0 amide bonds. The lowest BCUT2D eigenvalue weighted by atomic mass is 10.1. The summed E-state index contributed by atoms with van der Waals surface area (Å²) >= 11 is 0. The topological polar surface area (TPSA) is 21.6 Å². The van der Waals surface area contributed by atoms with Crippen molar-refractivity contribution in [3.8, 4) is 0 Å². The van der Waals surface area contributed by atoms with Gasteiger partial charge in [-0.15, -0.1) is 0 Å². The largest absolute Gasteiger partial charge is 0.491 e. The second-order valence-corrected chi connectivity index (χ2v) is 2.95. The second-order valence-electron chi connectivity index (χ2n) is 2.95. The van der Waals surface area contributed by atoms with Crippen molar-refractivity contribution < 1.29 is 4.74 Å². The minimum absolute atomic E-state index is 0.816. The molecular formula is C11H17NO. The number of aliphatic imine (C=N–C) groups is 1. The van der Waals surface area contributed by atoms with Gasteiger partial charge in [0.15, 0.2) is 0 Å². The van der Waals surface area contributed by atoms with Gasteiger partial charge >= 0.3 is 0 Å². The smallest absolute Gasteiger partial charge is 0.140 e. The third kappa shape index (κ3) is 2.44. The first-order valence-electron chi connectivity index (χ1n) is 4.89. The molecule has 0 spiro atoms. The van der Waals surface area contributed by atoms with Crippen molar-refractivity contribution in [2.45, 2.75) is 27.2 Å². The van der Waals surface area contributed by atoms with E-state index >= 15 is 0 Å². The first-order chi connectivity index (χ1) is 6.36. The maximum Gasteiger partial charge on any atom is 0.140 e. The van der Waals surface area contributed by atoms with Crippen LogP contribution in [-0.4, -0.2) is 19.4 Å². The predicted octanol–water partition coefficient (Wildman–Crippen LogP) is 2.72. The van der Waals surface area contributed by atoms with E-state index in [1.807, 2.05) is 20.1 Å². The number of nitrogens with zero attached hydrogens (tertiary/aromatic N) is 1. The van der Waals surface area contributed by atoms with Crippen LogP contribution in [0.4, 0.5) is 0 Å². The molecule has 2 nitrogen and oxygen atoms in total. The van der Waals surface area contributed by atoms with Crippen LogP contribution >= 0.6 is 0 Å². The zero-order valence-corrected chi connectivity index (χ0v) is 8.63. The SMILES string of the molecule is CC.CC1=CC2=C(C=NC1)OCC2. The van der Waals surface area contributed by atoms with E-state index in [2.05, 4.69) is 18.0 Å². The predicted molar refractivity (Wildman–Crippen MR) is 56.1 cm³/mol. The standard InChI is InChI=1S/C9H11NO.C2H6/c1-7-4-8-2-3-11-9(8)6-10-5-7;1-2/h4,6H,2-3,5H2,1H3;1-2H3. The highest BCUT2D eigenvalue weighted by atomic mass is 16.5. The zero-order valence-electron chi connectivity index (χ0n) is 8.63. The Hall–Kier alpha value is -1.05. The van der Waals surface area contributed by atoms with Gasteiger partial charge in [0.2, 0.25) is 0 Å². The third-order valence-electron chi connectivity index (χ3n) is 1.92. The van der Waals surface area contributed by atoms with Gasteiger partial charge < -0.3 is 4.74 Å². The lowest BCUT2D eigenvalue weighted by Gasteiger charge is -1.93. The van der Waals surface area contributed by atoms with E-state index < -0.39 is 0 Å². The molecule has 0 bridgehead atoms. The van der Waals surface area contributed by atoms with E-state index in [1.54, 1.807) is 0 Å². The minimum Gasteiger partial charge on any atom is -0.491 e. The molecule has 0 aromatic heterocycles. The Labute approximate surface area is 80.0 Å². The van der Waals surface area contributed by atoms with Crippen molar-refractivity contribution in [3.63, 3.8) is 0 Å². The summed E-state index contributed by atoms with van der Waals surface area (Å²) < 4.78 is 5.37. The minimum atomic E-state index is 0.816. The lowest BCUT2D eigenvalue weighted by molar-refractivity contribution is 0.265. The normalized spacial score (nSPS) is 19.5. The Balaban J connectivity index is 0.000000396. The monoisotopic (exact) mass is 179 g/mol. The number of rotatable bonds is 0. The molecule has 2 heterocycles. The van der Waals surface area contributed by atoms with E-state index in [0.717, 1.165) is 25.3 Å². The third-order valence-corrected chi connectivity index (χ3v) is 1.92. The highest BCUT2D eigenvalue weighted by molar-refractivity contribution is 5.79. The molecule has 2 heteroatoms. The summed E-state index contributed by atoms with van der Waals surface area (Å²) in [6.45, 7) is 7.74. The summed E-state index contributed by atoms with van der Waals surface area (Å²) in [6, 6.07) is 0. The maximum atomic E-state index is 5.37. The van der Waals surface area contributed by atoms with Gasteiger partial charge in [0, 0.05) is 6.42 Å². The van der Waals surface area contributed by atoms with Crippen LogP contribution in [-0.2, 0) is 4.74 Å². The van der Waals surface area contributed by atoms with Crippen molar-refractivity contribution in [2.24, 2.45) is 4.99 Å². The van der Waals surface area contributed by atoms with E-state index in [0.29, 0.717) is 0 Å². The molecule has 0 N–H and O–H groups in total. The molecule has 2 rings (SSSR count). The van der Waals surface area contributed by atoms with Crippen molar-refractivity contribution in [1.82, 2.24) is 0 Å². The molecule has 0 saturated carbocycles. The summed E-state index contributed by atoms with van der Waals surface area (Å²) in [5.41, 5.74) is 2.63. The quantitative estimate of drug-likeness (QED) is 0.560. The number of ether oxygens (including phenoxy) is 1. The summed E-state index contributed by atoms with van der Waals surface area (Å²) in [4.78, 5) is 4.22. The van der Waals surface area contributed by atoms with Crippen LogP contribution in [0.2, 0.25) is 0 Å². The van der Waals surface area contributed by atoms with Crippen molar-refractivity contribution in [3.05, 3.63) is 23.0 Å². The van der Waals surface area contributed by atoms with Crippen LogP contribution in [0.15, 0.2) is 28.0 Å². The fourth-order valence-electron chi connectivity index (χ4n) is 1.37.